The van der Waals surface area contributed by atoms with Crippen LogP contribution in [0.25, 0.3) is 10.9 Å². The Balaban J connectivity index is 2.18. The van der Waals surface area contributed by atoms with Crippen LogP contribution >= 0.6 is 34.8 Å². The van der Waals surface area contributed by atoms with Crippen molar-refractivity contribution in [2.45, 2.75) is 5.92 Å². The molecule has 1 heterocycles. The lowest BCUT2D eigenvalue weighted by Gasteiger charge is -2.14. The molecule has 0 fully saturated rings. The number of aromatic amines is 1. The third-order valence-electron chi connectivity index (χ3n) is 3.74. The molecule has 1 unspecified atom stereocenters. The molecule has 0 aliphatic carbocycles. The molecule has 23 heavy (non-hydrogen) atoms. The maximum absolute atomic E-state index is 11.2. The number of hydrogen-bond acceptors (Lipinski definition) is 2. The molecule has 7 heteroatoms. The van der Waals surface area contributed by atoms with Crippen LogP contribution in [0.3, 0.4) is 0 Å². The molecule has 1 N–H and O–H groups in total. The summed E-state index contributed by atoms with van der Waals surface area (Å²) in [6.07, 6.45) is 1.76. The molecule has 1 aromatic heterocycles. The van der Waals surface area contributed by atoms with Crippen LogP contribution in [0.15, 0.2) is 42.6 Å². The summed E-state index contributed by atoms with van der Waals surface area (Å²) in [5.74, 6) is -0.478. The topological polar surface area (TPSA) is 58.9 Å². The van der Waals surface area contributed by atoms with Gasteiger partial charge in [0.2, 0.25) is 6.54 Å². The monoisotopic (exact) mass is 368 g/mol. The van der Waals surface area contributed by atoms with Crippen LogP contribution in [-0.4, -0.2) is 16.5 Å². The molecule has 3 rings (SSSR count). The Morgan fingerprint density at radius 2 is 1.87 bits per heavy atom. The van der Waals surface area contributed by atoms with Gasteiger partial charge in [-0.25, -0.2) is 0 Å². The molecular weight excluding hydrogens is 359 g/mol. The Labute approximate surface area is 147 Å². The first-order valence-electron chi connectivity index (χ1n) is 6.79. The molecule has 118 valence electrons. The first kappa shape index (κ1) is 16.1. The standard InChI is InChI=1S/C16H11Cl3N2O2/c17-12-5-4-9(6-14(12)19)11(8-21(22)23)10-7-20-15-3-1-2-13(18)16(10)15/h1-7,11,20H,8H2. The zero-order chi connectivity index (χ0) is 16.6. The summed E-state index contributed by atoms with van der Waals surface area (Å²) >= 11 is 18.3. The Morgan fingerprint density at radius 1 is 1.09 bits per heavy atom. The van der Waals surface area contributed by atoms with Gasteiger partial charge in [0.25, 0.3) is 0 Å². The van der Waals surface area contributed by atoms with E-state index in [1.807, 2.05) is 12.1 Å². The van der Waals surface area contributed by atoms with Crippen molar-refractivity contribution < 1.29 is 4.92 Å². The Morgan fingerprint density at radius 3 is 2.57 bits per heavy atom. The summed E-state index contributed by atoms with van der Waals surface area (Å²) in [4.78, 5) is 13.9. The number of rotatable bonds is 4. The van der Waals surface area contributed by atoms with Gasteiger partial charge in [-0.15, -0.1) is 0 Å². The molecule has 0 bridgehead atoms. The fraction of sp³-hybridized carbons (Fsp3) is 0.125. The minimum absolute atomic E-state index is 0.268. The molecule has 0 saturated heterocycles. The largest absolute Gasteiger partial charge is 0.361 e. The van der Waals surface area contributed by atoms with Gasteiger partial charge in [-0.05, 0) is 35.4 Å². The smallest absolute Gasteiger partial charge is 0.214 e. The molecule has 1 atom stereocenters. The number of nitro groups is 1. The fourth-order valence-electron chi connectivity index (χ4n) is 2.70. The van der Waals surface area contributed by atoms with E-state index in [0.29, 0.717) is 15.1 Å². The number of fused-ring (bicyclic) bond motifs is 1. The Hall–Kier alpha value is -1.75. The van der Waals surface area contributed by atoms with Crippen LogP contribution in [0, 0.1) is 10.1 Å². The molecule has 0 aliphatic rings. The van der Waals surface area contributed by atoms with Gasteiger partial charge in [0.1, 0.15) is 0 Å². The number of nitrogens with one attached hydrogen (secondary N) is 1. The van der Waals surface area contributed by atoms with Crippen LogP contribution < -0.4 is 0 Å². The minimum Gasteiger partial charge on any atom is -0.361 e. The SMILES string of the molecule is O=[N+]([O-])CC(c1ccc(Cl)c(Cl)c1)c1c[nH]c2cccc(Cl)c12. The highest BCUT2D eigenvalue weighted by Gasteiger charge is 2.25. The van der Waals surface area contributed by atoms with Gasteiger partial charge in [0, 0.05) is 22.0 Å². The number of benzene rings is 2. The molecule has 0 aliphatic heterocycles. The second-order valence-electron chi connectivity index (χ2n) is 5.15. The molecule has 0 radical (unpaired) electrons. The summed E-state index contributed by atoms with van der Waals surface area (Å²) in [5.41, 5.74) is 2.32. The van der Waals surface area contributed by atoms with E-state index in [1.54, 1.807) is 30.5 Å². The van der Waals surface area contributed by atoms with E-state index in [9.17, 15) is 10.1 Å². The summed E-state index contributed by atoms with van der Waals surface area (Å²) < 4.78 is 0. The van der Waals surface area contributed by atoms with E-state index >= 15 is 0 Å². The van der Waals surface area contributed by atoms with Crippen LogP contribution in [0.2, 0.25) is 15.1 Å². The van der Waals surface area contributed by atoms with Gasteiger partial charge < -0.3 is 4.98 Å². The lowest BCUT2D eigenvalue weighted by Crippen LogP contribution is -2.13. The zero-order valence-electron chi connectivity index (χ0n) is 11.7. The summed E-state index contributed by atoms with van der Waals surface area (Å²) in [6.45, 7) is -0.268. The van der Waals surface area contributed by atoms with Crippen LogP contribution in [0.5, 0.6) is 0 Å². The zero-order valence-corrected chi connectivity index (χ0v) is 14.0. The normalized spacial score (nSPS) is 12.5. The van der Waals surface area contributed by atoms with Crippen molar-refractivity contribution in [3.63, 3.8) is 0 Å². The van der Waals surface area contributed by atoms with E-state index in [0.717, 1.165) is 22.0 Å². The van der Waals surface area contributed by atoms with Gasteiger partial charge >= 0.3 is 0 Å². The first-order chi connectivity index (χ1) is 11.0. The molecule has 0 spiro atoms. The van der Waals surface area contributed by atoms with Crippen molar-refractivity contribution in [3.8, 4) is 0 Å². The van der Waals surface area contributed by atoms with E-state index in [2.05, 4.69) is 4.98 Å². The van der Waals surface area contributed by atoms with Gasteiger partial charge in [0.15, 0.2) is 0 Å². The summed E-state index contributed by atoms with van der Waals surface area (Å²) in [5, 5.41) is 13.3. The minimum atomic E-state index is -0.478. The maximum atomic E-state index is 11.2. The van der Waals surface area contributed by atoms with Crippen molar-refractivity contribution in [2.24, 2.45) is 0 Å². The lowest BCUT2D eigenvalue weighted by molar-refractivity contribution is -0.481. The number of hydrogen-bond donors (Lipinski definition) is 1. The number of aromatic nitrogens is 1. The molecular formula is C16H11Cl3N2O2. The van der Waals surface area contributed by atoms with Gasteiger partial charge in [0.05, 0.1) is 21.0 Å². The van der Waals surface area contributed by atoms with Gasteiger partial charge in [-0.1, -0.05) is 46.9 Å². The van der Waals surface area contributed by atoms with E-state index in [-0.39, 0.29) is 11.5 Å². The number of H-pyrrole nitrogens is 1. The summed E-state index contributed by atoms with van der Waals surface area (Å²) in [7, 11) is 0. The van der Waals surface area contributed by atoms with Crippen molar-refractivity contribution in [1.82, 2.24) is 4.98 Å². The second-order valence-corrected chi connectivity index (χ2v) is 6.37. The van der Waals surface area contributed by atoms with E-state index in [1.165, 1.54) is 0 Å². The lowest BCUT2D eigenvalue weighted by atomic mass is 9.91. The molecule has 2 aromatic carbocycles. The first-order valence-corrected chi connectivity index (χ1v) is 7.93. The van der Waals surface area contributed by atoms with Crippen molar-refractivity contribution in [2.75, 3.05) is 6.54 Å². The molecule has 4 nitrogen and oxygen atoms in total. The van der Waals surface area contributed by atoms with E-state index in [4.69, 9.17) is 34.8 Å². The van der Waals surface area contributed by atoms with Crippen molar-refractivity contribution >= 4 is 45.7 Å². The van der Waals surface area contributed by atoms with Crippen molar-refractivity contribution in [3.05, 3.63) is 78.9 Å². The second kappa shape index (κ2) is 6.40. The Kier molecular flexibility index (Phi) is 4.48. The van der Waals surface area contributed by atoms with Crippen molar-refractivity contribution in [1.29, 1.82) is 0 Å². The number of nitrogens with zero attached hydrogens (tertiary/aromatic N) is 1. The maximum Gasteiger partial charge on any atom is 0.214 e. The molecule has 3 aromatic rings. The highest BCUT2D eigenvalue weighted by molar-refractivity contribution is 6.42. The third-order valence-corrected chi connectivity index (χ3v) is 4.79. The average molecular weight is 370 g/mol. The quantitative estimate of drug-likeness (QED) is 0.485. The molecule has 0 amide bonds. The van der Waals surface area contributed by atoms with Crippen LogP contribution in [0.1, 0.15) is 17.0 Å². The highest BCUT2D eigenvalue weighted by Crippen LogP contribution is 2.36. The average Bonchev–Trinajstić information content (AvgIpc) is 2.93. The predicted molar refractivity (Wildman–Crippen MR) is 93.5 cm³/mol. The van der Waals surface area contributed by atoms with Gasteiger partial charge in [-0.2, -0.15) is 0 Å². The predicted octanol–water partition coefficient (Wildman–Crippen LogP) is 5.54. The van der Waals surface area contributed by atoms with E-state index < -0.39 is 5.92 Å². The van der Waals surface area contributed by atoms with Crippen LogP contribution in [-0.2, 0) is 0 Å². The Bertz CT molecular complexity index is 892. The van der Waals surface area contributed by atoms with Crippen LogP contribution in [0.4, 0.5) is 0 Å². The number of halogens is 3. The molecule has 0 saturated carbocycles. The summed E-state index contributed by atoms with van der Waals surface area (Å²) in [6, 6.07) is 10.5. The highest BCUT2D eigenvalue weighted by atomic mass is 35.5. The fourth-order valence-corrected chi connectivity index (χ4v) is 3.29. The van der Waals surface area contributed by atoms with Gasteiger partial charge in [-0.3, -0.25) is 10.1 Å². The third kappa shape index (κ3) is 3.15.